The van der Waals surface area contributed by atoms with Gasteiger partial charge in [0.05, 0.1) is 17.4 Å². The maximum atomic E-state index is 12.7. The number of nitrogens with one attached hydrogen (secondary N) is 1. The molecule has 2 aromatic carbocycles. The first-order chi connectivity index (χ1) is 11.5. The molecule has 1 atom stereocenters. The molecule has 1 saturated heterocycles. The molecule has 3 rings (SSSR count). The van der Waals surface area contributed by atoms with Crippen LogP contribution in [0.5, 0.6) is 5.75 Å². The smallest absolute Gasteiger partial charge is 0.387 e. The van der Waals surface area contributed by atoms with E-state index in [1.165, 1.54) is 11.0 Å². The van der Waals surface area contributed by atoms with Gasteiger partial charge in [-0.05, 0) is 24.3 Å². The quantitative estimate of drug-likeness (QED) is 0.768. The molecule has 0 spiro atoms. The molecule has 1 aliphatic rings. The van der Waals surface area contributed by atoms with E-state index >= 15 is 0 Å². The summed E-state index contributed by atoms with van der Waals surface area (Å²) in [7, 11) is 0. The zero-order chi connectivity index (χ0) is 17.3. The number of amides is 2. The van der Waals surface area contributed by atoms with Crippen molar-refractivity contribution < 1.29 is 18.3 Å². The van der Waals surface area contributed by atoms with Gasteiger partial charge in [-0.2, -0.15) is 8.78 Å². The van der Waals surface area contributed by atoms with E-state index < -0.39 is 12.7 Å². The Bertz CT molecular complexity index is 773. The van der Waals surface area contributed by atoms with Crippen LogP contribution >= 0.6 is 15.9 Å². The van der Waals surface area contributed by atoms with Crippen molar-refractivity contribution in [1.82, 2.24) is 5.32 Å². The van der Waals surface area contributed by atoms with Gasteiger partial charge >= 0.3 is 12.6 Å². The van der Waals surface area contributed by atoms with E-state index in [2.05, 4.69) is 26.0 Å². The van der Waals surface area contributed by atoms with Crippen LogP contribution in [0.3, 0.4) is 0 Å². The van der Waals surface area contributed by atoms with Gasteiger partial charge in [-0.1, -0.05) is 34.1 Å². The maximum absolute atomic E-state index is 12.7. The minimum atomic E-state index is -2.94. The predicted octanol–water partition coefficient (Wildman–Crippen LogP) is 3.90. The third-order valence-electron chi connectivity index (χ3n) is 3.72. The molecule has 0 saturated carbocycles. The van der Waals surface area contributed by atoms with Crippen molar-refractivity contribution in [2.45, 2.75) is 12.7 Å². The van der Waals surface area contributed by atoms with Gasteiger partial charge in [0, 0.05) is 16.6 Å². The Morgan fingerprint density at radius 3 is 2.79 bits per heavy atom. The van der Waals surface area contributed by atoms with E-state index in [9.17, 15) is 13.6 Å². The molecule has 126 valence electrons. The zero-order valence-corrected chi connectivity index (χ0v) is 14.0. The first kappa shape index (κ1) is 16.5. The number of ether oxygens (including phenoxy) is 1. The topological polar surface area (TPSA) is 67.6 Å². The molecule has 1 unspecified atom stereocenters. The van der Waals surface area contributed by atoms with Gasteiger partial charge in [0.2, 0.25) is 0 Å². The Morgan fingerprint density at radius 1 is 1.29 bits per heavy atom. The van der Waals surface area contributed by atoms with E-state index in [0.717, 1.165) is 4.47 Å². The van der Waals surface area contributed by atoms with Gasteiger partial charge in [-0.25, -0.2) is 4.79 Å². The lowest BCUT2D eigenvalue weighted by Crippen LogP contribution is -2.30. The van der Waals surface area contributed by atoms with Gasteiger partial charge in [0.15, 0.2) is 0 Å². The van der Waals surface area contributed by atoms with Crippen LogP contribution in [0.2, 0.25) is 0 Å². The fraction of sp³-hybridized carbons (Fsp3) is 0.188. The Labute approximate surface area is 145 Å². The van der Waals surface area contributed by atoms with Crippen LogP contribution in [0.25, 0.3) is 0 Å². The summed E-state index contributed by atoms with van der Waals surface area (Å²) < 4.78 is 30.7. The summed E-state index contributed by atoms with van der Waals surface area (Å²) in [6.07, 6.45) is 0. The molecule has 2 amide bonds. The lowest BCUT2D eigenvalue weighted by atomic mass is 10.0. The molecular formula is C16H14BrF2N3O2. The van der Waals surface area contributed by atoms with Crippen molar-refractivity contribution >= 4 is 33.3 Å². The summed E-state index contributed by atoms with van der Waals surface area (Å²) in [5.74, 6) is 0.0348. The van der Waals surface area contributed by atoms with Crippen molar-refractivity contribution in [3.63, 3.8) is 0 Å². The van der Waals surface area contributed by atoms with E-state index in [4.69, 9.17) is 5.73 Å². The summed E-state index contributed by atoms with van der Waals surface area (Å²) in [5, 5.41) is 2.72. The monoisotopic (exact) mass is 397 g/mol. The lowest BCUT2D eigenvalue weighted by Gasteiger charge is -2.26. The highest BCUT2D eigenvalue weighted by Crippen LogP contribution is 2.39. The minimum absolute atomic E-state index is 0.0348. The average Bonchev–Trinajstić information content (AvgIpc) is 2.91. The molecule has 1 heterocycles. The normalized spacial score (nSPS) is 17.2. The standard InChI is InChI=1S/C16H14BrF2N3O2/c17-9-5-6-11(20)12(7-9)22-13(8-21-16(22)23)10-3-1-2-4-14(10)24-15(18)19/h1-7,13,15H,8,20H2,(H,21,23). The number of para-hydroxylation sites is 1. The molecule has 1 fully saturated rings. The van der Waals surface area contributed by atoms with E-state index in [1.807, 2.05) is 0 Å². The number of nitrogens with zero attached hydrogens (tertiary/aromatic N) is 1. The van der Waals surface area contributed by atoms with Crippen LogP contribution in [0.4, 0.5) is 25.0 Å². The number of carbonyl (C=O) groups is 1. The van der Waals surface area contributed by atoms with Crippen molar-refractivity contribution in [3.05, 3.63) is 52.5 Å². The maximum Gasteiger partial charge on any atom is 0.387 e. The molecule has 0 bridgehead atoms. The number of benzene rings is 2. The Hall–Kier alpha value is -2.35. The average molecular weight is 398 g/mol. The number of carbonyl (C=O) groups excluding carboxylic acids is 1. The fourth-order valence-corrected chi connectivity index (χ4v) is 3.06. The SMILES string of the molecule is Nc1ccc(Br)cc1N1C(=O)NCC1c1ccccc1OC(F)F. The van der Waals surface area contributed by atoms with Crippen molar-refractivity contribution in [2.24, 2.45) is 0 Å². The number of alkyl halides is 2. The Morgan fingerprint density at radius 2 is 2.04 bits per heavy atom. The van der Waals surface area contributed by atoms with Gasteiger partial charge in [-0.15, -0.1) is 0 Å². The van der Waals surface area contributed by atoms with Crippen molar-refractivity contribution in [2.75, 3.05) is 17.2 Å². The van der Waals surface area contributed by atoms with Crippen LogP contribution in [0, 0.1) is 0 Å². The van der Waals surface area contributed by atoms with Crippen molar-refractivity contribution in [3.8, 4) is 5.75 Å². The van der Waals surface area contributed by atoms with Gasteiger partial charge < -0.3 is 15.8 Å². The number of anilines is 2. The Kier molecular flexibility index (Phi) is 4.57. The van der Waals surface area contributed by atoms with Crippen LogP contribution in [-0.4, -0.2) is 19.2 Å². The number of rotatable bonds is 4. The van der Waals surface area contributed by atoms with E-state index in [1.54, 1.807) is 36.4 Å². The second kappa shape index (κ2) is 6.64. The highest BCUT2D eigenvalue weighted by atomic mass is 79.9. The van der Waals surface area contributed by atoms with Crippen LogP contribution in [-0.2, 0) is 0 Å². The molecular weight excluding hydrogens is 384 g/mol. The third kappa shape index (κ3) is 3.14. The third-order valence-corrected chi connectivity index (χ3v) is 4.22. The minimum Gasteiger partial charge on any atom is -0.434 e. The lowest BCUT2D eigenvalue weighted by molar-refractivity contribution is -0.0505. The highest BCUT2D eigenvalue weighted by molar-refractivity contribution is 9.10. The number of nitrogens with two attached hydrogens (primary N) is 1. The van der Waals surface area contributed by atoms with Crippen LogP contribution < -0.4 is 20.7 Å². The fourth-order valence-electron chi connectivity index (χ4n) is 2.71. The molecule has 0 radical (unpaired) electrons. The van der Waals surface area contributed by atoms with Gasteiger partial charge in [0.1, 0.15) is 5.75 Å². The molecule has 24 heavy (non-hydrogen) atoms. The second-order valence-electron chi connectivity index (χ2n) is 5.19. The molecule has 8 heteroatoms. The summed E-state index contributed by atoms with van der Waals surface area (Å²) in [6, 6.07) is 10.7. The van der Waals surface area contributed by atoms with Crippen LogP contribution in [0.1, 0.15) is 11.6 Å². The highest BCUT2D eigenvalue weighted by Gasteiger charge is 2.36. The summed E-state index contributed by atoms with van der Waals surface area (Å²) in [6.45, 7) is -2.69. The first-order valence-electron chi connectivity index (χ1n) is 7.13. The van der Waals surface area contributed by atoms with Crippen molar-refractivity contribution in [1.29, 1.82) is 0 Å². The summed E-state index contributed by atoms with van der Waals surface area (Å²) in [4.78, 5) is 13.8. The molecule has 2 aromatic rings. The zero-order valence-electron chi connectivity index (χ0n) is 12.4. The molecule has 0 aromatic heterocycles. The first-order valence-corrected chi connectivity index (χ1v) is 7.92. The molecule has 1 aliphatic heterocycles. The van der Waals surface area contributed by atoms with Gasteiger partial charge in [0.25, 0.3) is 0 Å². The predicted molar refractivity (Wildman–Crippen MR) is 90.2 cm³/mol. The number of urea groups is 1. The van der Waals surface area contributed by atoms with E-state index in [0.29, 0.717) is 16.9 Å². The number of hydrogen-bond donors (Lipinski definition) is 2. The second-order valence-corrected chi connectivity index (χ2v) is 6.11. The summed E-state index contributed by atoms with van der Waals surface area (Å²) >= 11 is 3.35. The molecule has 3 N–H and O–H groups in total. The number of hydrogen-bond acceptors (Lipinski definition) is 3. The number of halogens is 3. The summed E-state index contributed by atoms with van der Waals surface area (Å²) in [5.41, 5.74) is 7.39. The van der Waals surface area contributed by atoms with E-state index in [-0.39, 0.29) is 18.3 Å². The van der Waals surface area contributed by atoms with Crippen LogP contribution in [0.15, 0.2) is 46.9 Å². The number of nitrogen functional groups attached to an aromatic ring is 1. The molecule has 0 aliphatic carbocycles. The largest absolute Gasteiger partial charge is 0.434 e. The Balaban J connectivity index is 2.05. The van der Waals surface area contributed by atoms with Gasteiger partial charge in [-0.3, -0.25) is 4.90 Å². The molecule has 5 nitrogen and oxygen atoms in total.